The number of rotatable bonds is 1. The highest BCUT2D eigenvalue weighted by molar-refractivity contribution is 9.10. The van der Waals surface area contributed by atoms with Crippen LogP contribution in [-0.4, -0.2) is 5.11 Å². The summed E-state index contributed by atoms with van der Waals surface area (Å²) in [7, 11) is 0. The van der Waals surface area contributed by atoms with Gasteiger partial charge in [-0.05, 0) is 28.3 Å². The van der Waals surface area contributed by atoms with Crippen molar-refractivity contribution in [1.82, 2.24) is 0 Å². The van der Waals surface area contributed by atoms with Crippen molar-refractivity contribution < 1.29 is 9.50 Å². The first kappa shape index (κ1) is 14.2. The van der Waals surface area contributed by atoms with Crippen molar-refractivity contribution in [2.45, 2.75) is 0 Å². The van der Waals surface area contributed by atoms with Crippen LogP contribution in [0.2, 0.25) is 0 Å². The SMILES string of the molecule is Oc1c(-c2ccc(Br)cc2F)c2ccccc2c2ccccc12. The highest BCUT2D eigenvalue weighted by Gasteiger charge is 2.17. The molecule has 0 spiro atoms. The van der Waals surface area contributed by atoms with Gasteiger partial charge in [0.1, 0.15) is 11.6 Å². The van der Waals surface area contributed by atoms with E-state index in [1.165, 1.54) is 6.07 Å². The molecule has 0 aromatic heterocycles. The molecule has 1 N–H and O–H groups in total. The zero-order valence-electron chi connectivity index (χ0n) is 12.1. The lowest BCUT2D eigenvalue weighted by Gasteiger charge is -2.14. The van der Waals surface area contributed by atoms with E-state index in [1.54, 1.807) is 12.1 Å². The summed E-state index contributed by atoms with van der Waals surface area (Å²) in [5, 5.41) is 14.3. The quantitative estimate of drug-likeness (QED) is 0.393. The Morgan fingerprint density at radius 1 is 0.739 bits per heavy atom. The minimum atomic E-state index is -0.366. The third-order valence-electron chi connectivity index (χ3n) is 4.11. The largest absolute Gasteiger partial charge is 0.507 e. The summed E-state index contributed by atoms with van der Waals surface area (Å²) in [5.74, 6) is -0.254. The molecule has 0 bridgehead atoms. The smallest absolute Gasteiger partial charge is 0.132 e. The molecule has 4 rings (SSSR count). The highest BCUT2D eigenvalue weighted by Crippen LogP contribution is 2.44. The molecule has 0 fully saturated rings. The molecule has 4 aromatic carbocycles. The van der Waals surface area contributed by atoms with Gasteiger partial charge in [0.25, 0.3) is 0 Å². The van der Waals surface area contributed by atoms with Crippen molar-refractivity contribution in [2.24, 2.45) is 0 Å². The Hall–Kier alpha value is -2.39. The Kier molecular flexibility index (Phi) is 3.31. The van der Waals surface area contributed by atoms with Gasteiger partial charge in [-0.25, -0.2) is 4.39 Å². The van der Waals surface area contributed by atoms with Crippen LogP contribution in [0.25, 0.3) is 32.7 Å². The van der Waals surface area contributed by atoms with Crippen molar-refractivity contribution in [3.05, 3.63) is 77.0 Å². The average molecular weight is 367 g/mol. The molecular formula is C20H12BrFO. The molecule has 0 heterocycles. The molecule has 0 radical (unpaired) electrons. The van der Waals surface area contributed by atoms with Crippen molar-refractivity contribution in [3.8, 4) is 16.9 Å². The van der Waals surface area contributed by atoms with Gasteiger partial charge in [-0.15, -0.1) is 0 Å². The molecule has 0 atom stereocenters. The molecule has 0 amide bonds. The second-order valence-corrected chi connectivity index (χ2v) is 6.35. The van der Waals surface area contributed by atoms with Gasteiger partial charge in [-0.2, -0.15) is 0 Å². The van der Waals surface area contributed by atoms with E-state index in [0.717, 1.165) is 21.5 Å². The normalized spacial score (nSPS) is 11.2. The Labute approximate surface area is 141 Å². The maximum absolute atomic E-state index is 14.5. The second-order valence-electron chi connectivity index (χ2n) is 5.44. The van der Waals surface area contributed by atoms with E-state index in [1.807, 2.05) is 48.5 Å². The first-order valence-corrected chi connectivity index (χ1v) is 8.04. The number of benzene rings is 4. The summed E-state index contributed by atoms with van der Waals surface area (Å²) in [6, 6.07) is 20.3. The number of hydrogen-bond acceptors (Lipinski definition) is 1. The summed E-state index contributed by atoms with van der Waals surface area (Å²) < 4.78 is 15.2. The van der Waals surface area contributed by atoms with Gasteiger partial charge < -0.3 is 5.11 Å². The first-order valence-electron chi connectivity index (χ1n) is 7.24. The number of phenols is 1. The van der Waals surface area contributed by atoms with Crippen LogP contribution < -0.4 is 0 Å². The summed E-state index contributed by atoms with van der Waals surface area (Å²) >= 11 is 3.27. The van der Waals surface area contributed by atoms with Crippen LogP contribution in [0.4, 0.5) is 4.39 Å². The Morgan fingerprint density at radius 3 is 1.96 bits per heavy atom. The highest BCUT2D eigenvalue weighted by atomic mass is 79.9. The predicted molar refractivity (Wildman–Crippen MR) is 96.2 cm³/mol. The van der Waals surface area contributed by atoms with E-state index in [4.69, 9.17) is 0 Å². The van der Waals surface area contributed by atoms with Gasteiger partial charge in [0.15, 0.2) is 0 Å². The molecule has 0 aliphatic rings. The molecule has 23 heavy (non-hydrogen) atoms. The lowest BCUT2D eigenvalue weighted by molar-refractivity contribution is 0.483. The fraction of sp³-hybridized carbons (Fsp3) is 0. The monoisotopic (exact) mass is 366 g/mol. The number of halogens is 2. The van der Waals surface area contributed by atoms with Gasteiger partial charge in [0.05, 0.1) is 0 Å². The maximum Gasteiger partial charge on any atom is 0.132 e. The number of phenolic OH excluding ortho intramolecular Hbond substituents is 1. The topological polar surface area (TPSA) is 20.2 Å². The van der Waals surface area contributed by atoms with Gasteiger partial charge in [0.2, 0.25) is 0 Å². The fourth-order valence-electron chi connectivity index (χ4n) is 3.09. The number of aromatic hydroxyl groups is 1. The van der Waals surface area contributed by atoms with Crippen LogP contribution in [0.1, 0.15) is 0 Å². The summed E-state index contributed by atoms with van der Waals surface area (Å²) in [6.07, 6.45) is 0. The first-order chi connectivity index (χ1) is 11.2. The molecule has 0 unspecified atom stereocenters. The molecule has 0 aliphatic heterocycles. The third kappa shape index (κ3) is 2.20. The molecule has 3 heteroatoms. The van der Waals surface area contributed by atoms with E-state index in [0.29, 0.717) is 15.6 Å². The third-order valence-corrected chi connectivity index (χ3v) is 4.60. The zero-order chi connectivity index (χ0) is 16.0. The fourth-order valence-corrected chi connectivity index (χ4v) is 3.42. The van der Waals surface area contributed by atoms with Gasteiger partial charge >= 0.3 is 0 Å². The zero-order valence-corrected chi connectivity index (χ0v) is 13.6. The predicted octanol–water partition coefficient (Wildman–Crippen LogP) is 6.27. The second kappa shape index (κ2) is 5.36. The summed E-state index contributed by atoms with van der Waals surface area (Å²) in [5.41, 5.74) is 0.928. The van der Waals surface area contributed by atoms with Crippen molar-refractivity contribution in [3.63, 3.8) is 0 Å². The van der Waals surface area contributed by atoms with E-state index in [9.17, 15) is 9.50 Å². The Bertz CT molecular complexity index is 1060. The standard InChI is InChI=1S/C20H12BrFO/c21-12-9-10-17(18(22)11-12)19-15-7-3-1-5-13(15)14-6-2-4-8-16(14)20(19)23/h1-11,23H. The average Bonchev–Trinajstić information content (AvgIpc) is 2.57. The molecular weight excluding hydrogens is 355 g/mol. The van der Waals surface area contributed by atoms with E-state index < -0.39 is 0 Å². The molecule has 112 valence electrons. The van der Waals surface area contributed by atoms with Crippen molar-refractivity contribution in [2.75, 3.05) is 0 Å². The van der Waals surface area contributed by atoms with Crippen molar-refractivity contribution >= 4 is 37.5 Å². The van der Waals surface area contributed by atoms with Crippen LogP contribution in [0.15, 0.2) is 71.2 Å². The molecule has 0 saturated heterocycles. The van der Waals surface area contributed by atoms with Gasteiger partial charge in [0, 0.05) is 21.0 Å². The van der Waals surface area contributed by atoms with Crippen LogP contribution in [-0.2, 0) is 0 Å². The van der Waals surface area contributed by atoms with Gasteiger partial charge in [-0.3, -0.25) is 0 Å². The van der Waals surface area contributed by atoms with E-state index in [-0.39, 0.29) is 11.6 Å². The summed E-state index contributed by atoms with van der Waals surface area (Å²) in [4.78, 5) is 0. The lowest BCUT2D eigenvalue weighted by atomic mass is 9.92. The molecule has 0 aliphatic carbocycles. The van der Waals surface area contributed by atoms with Crippen molar-refractivity contribution in [1.29, 1.82) is 0 Å². The van der Waals surface area contributed by atoms with Crippen LogP contribution >= 0.6 is 15.9 Å². The Balaban J connectivity index is 2.23. The van der Waals surface area contributed by atoms with Crippen LogP contribution in [0.5, 0.6) is 5.75 Å². The Morgan fingerprint density at radius 2 is 1.30 bits per heavy atom. The molecule has 0 saturated carbocycles. The van der Waals surface area contributed by atoms with E-state index >= 15 is 0 Å². The van der Waals surface area contributed by atoms with Gasteiger partial charge in [-0.1, -0.05) is 70.5 Å². The molecule has 4 aromatic rings. The summed E-state index contributed by atoms with van der Waals surface area (Å²) in [6.45, 7) is 0. The molecule has 1 nitrogen and oxygen atoms in total. The van der Waals surface area contributed by atoms with E-state index in [2.05, 4.69) is 15.9 Å². The van der Waals surface area contributed by atoms with Crippen LogP contribution in [0.3, 0.4) is 0 Å². The van der Waals surface area contributed by atoms with Crippen LogP contribution in [0, 0.1) is 5.82 Å². The minimum Gasteiger partial charge on any atom is -0.507 e. The lowest BCUT2D eigenvalue weighted by Crippen LogP contribution is -1.89. The number of hydrogen-bond donors (Lipinski definition) is 1. The number of fused-ring (bicyclic) bond motifs is 3. The minimum absolute atomic E-state index is 0.112. The maximum atomic E-state index is 14.5.